The summed E-state index contributed by atoms with van der Waals surface area (Å²) < 4.78 is 22.4. The molecule has 2 rings (SSSR count). The highest BCUT2D eigenvalue weighted by molar-refractivity contribution is 7.91. The molecule has 2 heterocycles. The van der Waals surface area contributed by atoms with Crippen LogP contribution in [0, 0.1) is 0 Å². The van der Waals surface area contributed by atoms with Crippen LogP contribution in [0.5, 0.6) is 0 Å². The molecule has 1 aromatic rings. The van der Waals surface area contributed by atoms with Crippen LogP contribution in [-0.4, -0.2) is 30.1 Å². The first-order valence-corrected chi connectivity index (χ1v) is 7.36. The predicted octanol–water partition coefficient (Wildman–Crippen LogP) is 1.18. The summed E-state index contributed by atoms with van der Waals surface area (Å²) in [5.74, 6) is 0.864. The van der Waals surface area contributed by atoms with Crippen LogP contribution < -0.4 is 0 Å². The maximum Gasteiger partial charge on any atom is 0.151 e. The van der Waals surface area contributed by atoms with Crippen molar-refractivity contribution in [2.75, 3.05) is 11.5 Å². The Balaban J connectivity index is 2.17. The quantitative estimate of drug-likeness (QED) is 0.742. The number of hydrogen-bond acceptors (Lipinski definition) is 5. The van der Waals surface area contributed by atoms with Crippen molar-refractivity contribution in [3.05, 3.63) is 10.0 Å². The van der Waals surface area contributed by atoms with Gasteiger partial charge in [0.1, 0.15) is 10.0 Å². The monoisotopic (exact) mass is 252 g/mol. The lowest BCUT2D eigenvalue weighted by Gasteiger charge is -1.99. The van der Waals surface area contributed by atoms with Crippen LogP contribution in [0.4, 0.5) is 0 Å². The summed E-state index contributed by atoms with van der Waals surface area (Å²) in [6.45, 7) is 0. The van der Waals surface area contributed by atoms with E-state index in [1.807, 2.05) is 0 Å². The molecular formula is C7H9ClN2O2S2. The van der Waals surface area contributed by atoms with E-state index in [-0.39, 0.29) is 17.4 Å². The van der Waals surface area contributed by atoms with Gasteiger partial charge in [0.05, 0.1) is 17.4 Å². The fourth-order valence-corrected chi connectivity index (χ4v) is 4.37. The van der Waals surface area contributed by atoms with Gasteiger partial charge in [0.25, 0.3) is 0 Å². The van der Waals surface area contributed by atoms with Crippen molar-refractivity contribution in [1.82, 2.24) is 10.2 Å². The fourth-order valence-electron chi connectivity index (χ4n) is 1.48. The highest BCUT2D eigenvalue weighted by Gasteiger charge is 2.31. The molecule has 1 atom stereocenters. The summed E-state index contributed by atoms with van der Waals surface area (Å²) >= 11 is 7.00. The molecular weight excluding hydrogens is 244 g/mol. The Hall–Kier alpha value is -0.200. The van der Waals surface area contributed by atoms with Crippen molar-refractivity contribution < 1.29 is 8.42 Å². The number of rotatable bonds is 2. The summed E-state index contributed by atoms with van der Waals surface area (Å²) in [6.07, 6.45) is 0.666. The van der Waals surface area contributed by atoms with Crippen molar-refractivity contribution >= 4 is 32.8 Å². The molecule has 0 aromatic carbocycles. The maximum atomic E-state index is 11.2. The van der Waals surface area contributed by atoms with Crippen LogP contribution in [0.1, 0.15) is 22.4 Å². The molecule has 7 heteroatoms. The molecule has 0 spiro atoms. The van der Waals surface area contributed by atoms with E-state index in [1.54, 1.807) is 0 Å². The second-order valence-corrected chi connectivity index (χ2v) is 6.86. The Morgan fingerprint density at radius 2 is 2.29 bits per heavy atom. The molecule has 78 valence electrons. The number of nitrogens with zero attached hydrogens (tertiary/aromatic N) is 2. The molecule has 0 bridgehead atoms. The smallest absolute Gasteiger partial charge is 0.151 e. The minimum Gasteiger partial charge on any atom is -0.229 e. The van der Waals surface area contributed by atoms with Gasteiger partial charge in [-0.25, -0.2) is 8.42 Å². The molecule has 14 heavy (non-hydrogen) atoms. The maximum absolute atomic E-state index is 11.2. The first-order valence-electron chi connectivity index (χ1n) is 4.19. The number of alkyl halides is 1. The zero-order valence-corrected chi connectivity index (χ0v) is 9.70. The largest absolute Gasteiger partial charge is 0.229 e. The minimum absolute atomic E-state index is 0.0365. The second-order valence-electron chi connectivity index (χ2n) is 3.27. The van der Waals surface area contributed by atoms with Gasteiger partial charge in [0.2, 0.25) is 0 Å². The summed E-state index contributed by atoms with van der Waals surface area (Å²) in [5, 5.41) is 9.39. The Bertz CT molecular complexity index is 429. The van der Waals surface area contributed by atoms with Crippen LogP contribution >= 0.6 is 22.9 Å². The van der Waals surface area contributed by atoms with Crippen molar-refractivity contribution in [3.63, 3.8) is 0 Å². The Morgan fingerprint density at radius 1 is 1.50 bits per heavy atom. The molecule has 4 nitrogen and oxygen atoms in total. The molecule has 1 aliphatic rings. The zero-order chi connectivity index (χ0) is 10.2. The molecule has 0 saturated carbocycles. The average molecular weight is 253 g/mol. The number of sulfone groups is 1. The summed E-state index contributed by atoms with van der Waals surface area (Å²) in [7, 11) is -2.84. The summed E-state index contributed by atoms with van der Waals surface area (Å²) in [4.78, 5) is 0. The fraction of sp³-hybridized carbons (Fsp3) is 0.714. The highest BCUT2D eigenvalue weighted by Crippen LogP contribution is 2.30. The predicted molar refractivity (Wildman–Crippen MR) is 55.5 cm³/mol. The van der Waals surface area contributed by atoms with Gasteiger partial charge >= 0.3 is 0 Å². The Labute approximate surface area is 91.2 Å². The van der Waals surface area contributed by atoms with Gasteiger partial charge in [-0.1, -0.05) is 11.3 Å². The van der Waals surface area contributed by atoms with Crippen LogP contribution in [0.2, 0.25) is 0 Å². The lowest BCUT2D eigenvalue weighted by molar-refractivity contribution is 0.601. The molecule has 0 aliphatic carbocycles. The van der Waals surface area contributed by atoms with E-state index in [4.69, 9.17) is 11.6 Å². The van der Waals surface area contributed by atoms with Crippen LogP contribution in [-0.2, 0) is 15.7 Å². The third-order valence-electron chi connectivity index (χ3n) is 2.18. The van der Waals surface area contributed by atoms with E-state index in [2.05, 4.69) is 10.2 Å². The highest BCUT2D eigenvalue weighted by atomic mass is 35.5. The third kappa shape index (κ3) is 2.07. The zero-order valence-electron chi connectivity index (χ0n) is 7.31. The van der Waals surface area contributed by atoms with E-state index in [1.165, 1.54) is 11.3 Å². The van der Waals surface area contributed by atoms with E-state index < -0.39 is 9.84 Å². The third-order valence-corrected chi connectivity index (χ3v) is 5.44. The first kappa shape index (κ1) is 10.3. The van der Waals surface area contributed by atoms with E-state index in [0.29, 0.717) is 12.3 Å². The number of aromatic nitrogens is 2. The summed E-state index contributed by atoms with van der Waals surface area (Å²) in [5.41, 5.74) is 0. The number of hydrogen-bond donors (Lipinski definition) is 0. The van der Waals surface area contributed by atoms with Gasteiger partial charge in [0.15, 0.2) is 9.84 Å². The van der Waals surface area contributed by atoms with Gasteiger partial charge in [-0.3, -0.25) is 0 Å². The van der Waals surface area contributed by atoms with Gasteiger partial charge in [-0.05, 0) is 6.42 Å². The van der Waals surface area contributed by atoms with Gasteiger partial charge < -0.3 is 0 Å². The Kier molecular flexibility index (Phi) is 2.77. The number of halogens is 1. The van der Waals surface area contributed by atoms with Crippen molar-refractivity contribution in [3.8, 4) is 0 Å². The standard InChI is InChI=1S/C7H9ClN2O2S2/c8-3-6-9-10-7(13-6)5-1-2-14(11,12)4-5/h5H,1-4H2. The lowest BCUT2D eigenvalue weighted by Crippen LogP contribution is -2.03. The second kappa shape index (κ2) is 3.75. The minimum atomic E-state index is -2.84. The molecule has 0 N–H and O–H groups in total. The molecule has 0 radical (unpaired) electrons. The lowest BCUT2D eigenvalue weighted by atomic mass is 10.1. The van der Waals surface area contributed by atoms with Gasteiger partial charge in [0, 0.05) is 5.92 Å². The molecule has 1 aliphatic heterocycles. The van der Waals surface area contributed by atoms with Crippen molar-refractivity contribution in [2.24, 2.45) is 0 Å². The van der Waals surface area contributed by atoms with E-state index in [9.17, 15) is 8.42 Å². The van der Waals surface area contributed by atoms with Gasteiger partial charge in [-0.2, -0.15) is 0 Å². The molecule has 1 saturated heterocycles. The first-order chi connectivity index (χ1) is 6.61. The normalized spacial score (nSPS) is 25.4. The van der Waals surface area contributed by atoms with Crippen molar-refractivity contribution in [1.29, 1.82) is 0 Å². The van der Waals surface area contributed by atoms with Crippen LogP contribution in [0.15, 0.2) is 0 Å². The van der Waals surface area contributed by atoms with Crippen molar-refractivity contribution in [2.45, 2.75) is 18.2 Å². The van der Waals surface area contributed by atoms with Crippen LogP contribution in [0.25, 0.3) is 0 Å². The molecule has 1 fully saturated rings. The molecule has 0 amide bonds. The SMILES string of the molecule is O=S1(=O)CCC(c2nnc(CCl)s2)C1. The topological polar surface area (TPSA) is 59.9 Å². The Morgan fingerprint density at radius 3 is 2.79 bits per heavy atom. The van der Waals surface area contributed by atoms with E-state index >= 15 is 0 Å². The molecule has 1 aromatic heterocycles. The molecule has 1 unspecified atom stereocenters. The van der Waals surface area contributed by atoms with E-state index in [0.717, 1.165) is 10.0 Å². The van der Waals surface area contributed by atoms with Crippen LogP contribution in [0.3, 0.4) is 0 Å². The van der Waals surface area contributed by atoms with Gasteiger partial charge in [-0.15, -0.1) is 21.8 Å². The average Bonchev–Trinajstić information content (AvgIpc) is 2.70. The summed E-state index contributed by atoms with van der Waals surface area (Å²) in [6, 6.07) is 0.